The van der Waals surface area contributed by atoms with Gasteiger partial charge < -0.3 is 10.6 Å². The molecular weight excluding hydrogens is 263 g/mol. The molecular formula is C18H29FN2. The predicted molar refractivity (Wildman–Crippen MR) is 88.7 cm³/mol. The van der Waals surface area contributed by atoms with Gasteiger partial charge in [-0.25, -0.2) is 4.39 Å². The molecule has 0 amide bonds. The molecule has 0 radical (unpaired) electrons. The summed E-state index contributed by atoms with van der Waals surface area (Å²) in [4.78, 5) is 2.18. The van der Waals surface area contributed by atoms with Gasteiger partial charge in [-0.15, -0.1) is 6.58 Å². The van der Waals surface area contributed by atoms with Gasteiger partial charge in [-0.1, -0.05) is 37.5 Å². The first-order valence-electron chi connectivity index (χ1n) is 7.67. The van der Waals surface area contributed by atoms with Crippen LogP contribution in [-0.2, 0) is 5.54 Å². The highest BCUT2D eigenvalue weighted by Crippen LogP contribution is 2.33. The highest BCUT2D eigenvalue weighted by Gasteiger charge is 2.37. The van der Waals surface area contributed by atoms with Crippen molar-refractivity contribution in [3.05, 3.63) is 47.8 Å². The van der Waals surface area contributed by atoms with Crippen LogP contribution < -0.4 is 5.73 Å². The highest BCUT2D eigenvalue weighted by molar-refractivity contribution is 5.29. The standard InChI is InChI=1S/C18H29FN2/c1-6-7-8-17(21(4)5)18(20,13-14(2)3)15-9-11-16(19)12-10-15/h9-12,17H,2,6-8,13,20H2,1,3-5H3. The summed E-state index contributed by atoms with van der Waals surface area (Å²) in [6.07, 6.45) is 3.98. The summed E-state index contributed by atoms with van der Waals surface area (Å²) in [7, 11) is 4.12. The minimum absolute atomic E-state index is 0.194. The Morgan fingerprint density at radius 2 is 1.90 bits per heavy atom. The lowest BCUT2D eigenvalue weighted by molar-refractivity contribution is 0.160. The molecule has 0 bridgehead atoms. The lowest BCUT2D eigenvalue weighted by atomic mass is 9.76. The first-order valence-corrected chi connectivity index (χ1v) is 7.67. The molecule has 0 saturated heterocycles. The van der Waals surface area contributed by atoms with Crippen LogP contribution in [0.25, 0.3) is 0 Å². The first-order chi connectivity index (χ1) is 9.81. The van der Waals surface area contributed by atoms with E-state index in [9.17, 15) is 4.39 Å². The topological polar surface area (TPSA) is 29.3 Å². The van der Waals surface area contributed by atoms with E-state index in [1.165, 1.54) is 12.1 Å². The molecule has 0 spiro atoms. The predicted octanol–water partition coefficient (Wildman–Crippen LogP) is 4.07. The van der Waals surface area contributed by atoms with E-state index in [1.54, 1.807) is 12.1 Å². The molecule has 0 aromatic heterocycles. The van der Waals surface area contributed by atoms with Crippen LogP contribution in [0, 0.1) is 5.82 Å². The van der Waals surface area contributed by atoms with Crippen molar-refractivity contribution in [1.29, 1.82) is 0 Å². The van der Waals surface area contributed by atoms with Gasteiger partial charge in [-0.3, -0.25) is 0 Å². The average Bonchev–Trinajstić information content (AvgIpc) is 2.38. The Hall–Kier alpha value is -1.19. The molecule has 1 aromatic carbocycles. The van der Waals surface area contributed by atoms with Gasteiger partial charge in [0, 0.05) is 6.04 Å². The van der Waals surface area contributed by atoms with Gasteiger partial charge in [0.2, 0.25) is 0 Å². The van der Waals surface area contributed by atoms with Crippen molar-refractivity contribution in [3.63, 3.8) is 0 Å². The largest absolute Gasteiger partial charge is 0.320 e. The van der Waals surface area contributed by atoms with Crippen molar-refractivity contribution in [1.82, 2.24) is 4.90 Å². The SMILES string of the molecule is C=C(C)CC(N)(c1ccc(F)cc1)C(CCCC)N(C)C. The molecule has 2 nitrogen and oxygen atoms in total. The fourth-order valence-electron chi connectivity index (χ4n) is 3.05. The lowest BCUT2D eigenvalue weighted by Gasteiger charge is -2.42. The third kappa shape index (κ3) is 4.65. The second kappa shape index (κ2) is 7.71. The molecule has 0 aliphatic carbocycles. The van der Waals surface area contributed by atoms with Crippen molar-refractivity contribution in [2.75, 3.05) is 14.1 Å². The second-order valence-corrected chi connectivity index (χ2v) is 6.30. The Bertz CT molecular complexity index is 453. The summed E-state index contributed by atoms with van der Waals surface area (Å²) in [5.74, 6) is -0.230. The first kappa shape index (κ1) is 17.9. The summed E-state index contributed by atoms with van der Waals surface area (Å²) >= 11 is 0. The Morgan fingerprint density at radius 1 is 1.33 bits per heavy atom. The number of benzene rings is 1. The second-order valence-electron chi connectivity index (χ2n) is 6.30. The zero-order valence-electron chi connectivity index (χ0n) is 13.8. The summed E-state index contributed by atoms with van der Waals surface area (Å²) in [6.45, 7) is 8.21. The fraction of sp³-hybridized carbons (Fsp3) is 0.556. The minimum atomic E-state index is -0.543. The van der Waals surface area contributed by atoms with Crippen molar-refractivity contribution in [2.45, 2.75) is 51.1 Å². The summed E-state index contributed by atoms with van der Waals surface area (Å²) in [5, 5.41) is 0. The van der Waals surface area contributed by atoms with Crippen LogP contribution in [-0.4, -0.2) is 25.0 Å². The zero-order valence-corrected chi connectivity index (χ0v) is 13.8. The Kier molecular flexibility index (Phi) is 6.56. The minimum Gasteiger partial charge on any atom is -0.320 e. The van der Waals surface area contributed by atoms with Crippen molar-refractivity contribution >= 4 is 0 Å². The van der Waals surface area contributed by atoms with Crippen LogP contribution >= 0.6 is 0 Å². The maximum Gasteiger partial charge on any atom is 0.123 e. The number of halogens is 1. The molecule has 2 unspecified atom stereocenters. The van der Waals surface area contributed by atoms with E-state index in [4.69, 9.17) is 5.73 Å². The molecule has 2 atom stereocenters. The molecule has 1 aromatic rings. The van der Waals surface area contributed by atoms with Crippen molar-refractivity contribution in [2.24, 2.45) is 5.73 Å². The molecule has 0 aliphatic rings. The van der Waals surface area contributed by atoms with Gasteiger partial charge in [-0.2, -0.15) is 0 Å². The maximum atomic E-state index is 13.2. The molecule has 118 valence electrons. The van der Waals surface area contributed by atoms with Crippen LogP contribution in [0.3, 0.4) is 0 Å². The van der Waals surface area contributed by atoms with Gasteiger partial charge in [0.25, 0.3) is 0 Å². The fourth-order valence-corrected chi connectivity index (χ4v) is 3.05. The zero-order chi connectivity index (χ0) is 16.0. The highest BCUT2D eigenvalue weighted by atomic mass is 19.1. The van der Waals surface area contributed by atoms with Crippen LogP contribution in [0.4, 0.5) is 4.39 Å². The Balaban J connectivity index is 3.22. The molecule has 1 rings (SSSR count). The number of nitrogens with two attached hydrogens (primary N) is 1. The average molecular weight is 292 g/mol. The van der Waals surface area contributed by atoms with Gasteiger partial charge in [0.05, 0.1) is 5.54 Å². The van der Waals surface area contributed by atoms with Gasteiger partial charge in [0.15, 0.2) is 0 Å². The molecule has 0 saturated carbocycles. The van der Waals surface area contributed by atoms with E-state index >= 15 is 0 Å². The molecule has 0 fully saturated rings. The van der Waals surface area contributed by atoms with Crippen molar-refractivity contribution in [3.8, 4) is 0 Å². The number of hydrogen-bond acceptors (Lipinski definition) is 2. The molecule has 0 aliphatic heterocycles. The summed E-state index contributed by atoms with van der Waals surface area (Å²) in [5.41, 5.74) is 8.31. The Labute approximate surface area is 128 Å². The smallest absolute Gasteiger partial charge is 0.123 e. The van der Waals surface area contributed by atoms with Gasteiger partial charge >= 0.3 is 0 Å². The Morgan fingerprint density at radius 3 is 2.33 bits per heavy atom. The molecule has 0 heterocycles. The quantitative estimate of drug-likeness (QED) is 0.732. The molecule has 2 N–H and O–H groups in total. The number of rotatable bonds is 8. The number of likely N-dealkylation sites (N-methyl/N-ethyl adjacent to an activating group) is 1. The van der Waals surface area contributed by atoms with Crippen LogP contribution in [0.1, 0.15) is 45.1 Å². The third-order valence-corrected chi connectivity index (χ3v) is 4.03. The lowest BCUT2D eigenvalue weighted by Crippen LogP contribution is -2.54. The van der Waals surface area contributed by atoms with Crippen molar-refractivity contribution < 1.29 is 4.39 Å². The maximum absolute atomic E-state index is 13.2. The number of nitrogens with zero attached hydrogens (tertiary/aromatic N) is 1. The number of unbranched alkanes of at least 4 members (excludes halogenated alkanes) is 1. The summed E-state index contributed by atoms with van der Waals surface area (Å²) in [6, 6.07) is 6.78. The van der Waals surface area contributed by atoms with E-state index in [2.05, 4.69) is 32.5 Å². The van der Waals surface area contributed by atoms with Crippen LogP contribution in [0.15, 0.2) is 36.4 Å². The van der Waals surface area contributed by atoms with E-state index in [-0.39, 0.29) is 11.9 Å². The third-order valence-electron chi connectivity index (χ3n) is 4.03. The molecule has 3 heteroatoms. The monoisotopic (exact) mass is 292 g/mol. The van der Waals surface area contributed by atoms with Gasteiger partial charge in [0.1, 0.15) is 5.82 Å². The van der Waals surface area contributed by atoms with E-state index in [1.807, 2.05) is 6.92 Å². The van der Waals surface area contributed by atoms with E-state index < -0.39 is 5.54 Å². The normalized spacial score (nSPS) is 15.8. The van der Waals surface area contributed by atoms with E-state index in [0.29, 0.717) is 6.42 Å². The van der Waals surface area contributed by atoms with Gasteiger partial charge in [-0.05, 0) is 51.6 Å². The van der Waals surface area contributed by atoms with Crippen LogP contribution in [0.2, 0.25) is 0 Å². The van der Waals surface area contributed by atoms with E-state index in [0.717, 1.165) is 30.4 Å². The summed E-state index contributed by atoms with van der Waals surface area (Å²) < 4.78 is 13.2. The van der Waals surface area contributed by atoms with Crippen LogP contribution in [0.5, 0.6) is 0 Å². The number of hydrogen-bond donors (Lipinski definition) is 1. The molecule has 21 heavy (non-hydrogen) atoms.